The van der Waals surface area contributed by atoms with Crippen molar-refractivity contribution in [1.29, 1.82) is 0 Å². The molecule has 0 amide bonds. The molecular formula is C20H26FN3S. The van der Waals surface area contributed by atoms with E-state index in [1.807, 2.05) is 6.07 Å². The van der Waals surface area contributed by atoms with E-state index in [0.717, 1.165) is 25.2 Å². The Morgan fingerprint density at radius 2 is 1.64 bits per heavy atom. The highest BCUT2D eigenvalue weighted by Gasteiger charge is 2.17. The van der Waals surface area contributed by atoms with Gasteiger partial charge in [-0.05, 0) is 48.6 Å². The maximum Gasteiger partial charge on any atom is 0.166 e. The second-order valence-corrected chi connectivity index (χ2v) is 6.25. The van der Waals surface area contributed by atoms with Crippen LogP contribution in [0.5, 0.6) is 0 Å². The van der Waals surface area contributed by atoms with Crippen molar-refractivity contribution >= 4 is 17.3 Å². The molecular weight excluding hydrogens is 333 g/mol. The summed E-state index contributed by atoms with van der Waals surface area (Å²) in [6, 6.07) is 17.2. The number of hydrogen-bond donors (Lipinski definition) is 2. The summed E-state index contributed by atoms with van der Waals surface area (Å²) in [5.74, 6) is -0.227. The second kappa shape index (κ2) is 10.1. The standard InChI is InChI=1S/C20H26FN3S/c1-3-24(4-2)19(17-8-6-5-7-9-17)15-23-20(25)22-14-16-10-12-18(21)13-11-16/h5-13,19H,3-4,14-15H2,1-2H3,(H2,22,23,25)/t19-/m0/s1. The average Bonchev–Trinajstić information content (AvgIpc) is 2.65. The van der Waals surface area contributed by atoms with Gasteiger partial charge in [0.05, 0.1) is 6.04 Å². The third-order valence-corrected chi connectivity index (χ3v) is 4.55. The molecule has 3 nitrogen and oxygen atoms in total. The quantitative estimate of drug-likeness (QED) is 0.700. The van der Waals surface area contributed by atoms with Crippen molar-refractivity contribution in [3.63, 3.8) is 0 Å². The first-order chi connectivity index (χ1) is 12.1. The monoisotopic (exact) mass is 359 g/mol. The van der Waals surface area contributed by atoms with Crippen molar-refractivity contribution in [2.75, 3.05) is 19.6 Å². The van der Waals surface area contributed by atoms with E-state index in [9.17, 15) is 4.39 Å². The Labute approximate surface area is 155 Å². The van der Waals surface area contributed by atoms with Gasteiger partial charge in [-0.25, -0.2) is 4.39 Å². The lowest BCUT2D eigenvalue weighted by molar-refractivity contribution is 0.219. The lowest BCUT2D eigenvalue weighted by Crippen LogP contribution is -2.41. The fourth-order valence-corrected chi connectivity index (χ4v) is 2.99. The van der Waals surface area contributed by atoms with Crippen molar-refractivity contribution in [3.8, 4) is 0 Å². The van der Waals surface area contributed by atoms with Gasteiger partial charge >= 0.3 is 0 Å². The van der Waals surface area contributed by atoms with Gasteiger partial charge in [-0.2, -0.15) is 0 Å². The smallest absolute Gasteiger partial charge is 0.166 e. The minimum absolute atomic E-state index is 0.227. The number of likely N-dealkylation sites (N-methyl/N-ethyl adjacent to an activating group) is 1. The molecule has 5 heteroatoms. The fourth-order valence-electron chi connectivity index (χ4n) is 2.83. The van der Waals surface area contributed by atoms with Crippen LogP contribution in [0.3, 0.4) is 0 Å². The molecule has 0 aliphatic rings. The van der Waals surface area contributed by atoms with Crippen molar-refractivity contribution in [2.45, 2.75) is 26.4 Å². The number of rotatable bonds is 8. The molecule has 0 saturated heterocycles. The van der Waals surface area contributed by atoms with Crippen molar-refractivity contribution in [2.24, 2.45) is 0 Å². The van der Waals surface area contributed by atoms with Gasteiger partial charge in [0.25, 0.3) is 0 Å². The van der Waals surface area contributed by atoms with E-state index < -0.39 is 0 Å². The topological polar surface area (TPSA) is 27.3 Å². The molecule has 0 bridgehead atoms. The molecule has 2 rings (SSSR count). The Morgan fingerprint density at radius 1 is 1.00 bits per heavy atom. The highest BCUT2D eigenvalue weighted by atomic mass is 32.1. The number of nitrogens with zero attached hydrogens (tertiary/aromatic N) is 1. The summed E-state index contributed by atoms with van der Waals surface area (Å²) in [6.45, 7) is 7.62. The Hall–Kier alpha value is -1.98. The molecule has 2 N–H and O–H groups in total. The van der Waals surface area contributed by atoms with Crippen LogP contribution >= 0.6 is 12.2 Å². The van der Waals surface area contributed by atoms with Gasteiger partial charge in [-0.1, -0.05) is 56.3 Å². The van der Waals surface area contributed by atoms with Crippen LogP contribution in [0.1, 0.15) is 31.0 Å². The van der Waals surface area contributed by atoms with Crippen molar-refractivity contribution < 1.29 is 4.39 Å². The predicted molar refractivity (Wildman–Crippen MR) is 106 cm³/mol. The molecule has 0 aliphatic heterocycles. The average molecular weight is 360 g/mol. The second-order valence-electron chi connectivity index (χ2n) is 5.84. The fraction of sp³-hybridized carbons (Fsp3) is 0.350. The van der Waals surface area contributed by atoms with Crippen molar-refractivity contribution in [1.82, 2.24) is 15.5 Å². The van der Waals surface area contributed by atoms with Crippen LogP contribution in [0.2, 0.25) is 0 Å². The highest BCUT2D eigenvalue weighted by Crippen LogP contribution is 2.19. The van der Waals surface area contributed by atoms with E-state index >= 15 is 0 Å². The Balaban J connectivity index is 1.90. The summed E-state index contributed by atoms with van der Waals surface area (Å²) in [5.41, 5.74) is 2.27. The molecule has 1 atom stereocenters. The summed E-state index contributed by atoms with van der Waals surface area (Å²) >= 11 is 5.39. The summed E-state index contributed by atoms with van der Waals surface area (Å²) < 4.78 is 12.9. The zero-order valence-corrected chi connectivity index (χ0v) is 15.7. The zero-order chi connectivity index (χ0) is 18.1. The molecule has 2 aromatic rings. The zero-order valence-electron chi connectivity index (χ0n) is 14.8. The maximum atomic E-state index is 12.9. The van der Waals surface area contributed by atoms with E-state index in [0.29, 0.717) is 11.7 Å². The summed E-state index contributed by atoms with van der Waals surface area (Å²) in [4.78, 5) is 2.41. The first kappa shape index (κ1) is 19.3. The van der Waals surface area contributed by atoms with E-state index in [1.165, 1.54) is 17.7 Å². The summed E-state index contributed by atoms with van der Waals surface area (Å²) in [7, 11) is 0. The van der Waals surface area contributed by atoms with Crippen LogP contribution < -0.4 is 10.6 Å². The molecule has 0 unspecified atom stereocenters. The van der Waals surface area contributed by atoms with Gasteiger partial charge in [0.15, 0.2) is 5.11 Å². The molecule has 134 valence electrons. The SMILES string of the molecule is CCN(CC)[C@@H](CNC(=S)NCc1ccc(F)cc1)c1ccccc1. The van der Waals surface area contributed by atoms with Crippen LogP contribution in [0.25, 0.3) is 0 Å². The van der Waals surface area contributed by atoms with Crippen LogP contribution in [0, 0.1) is 5.82 Å². The van der Waals surface area contributed by atoms with Crippen molar-refractivity contribution in [3.05, 3.63) is 71.5 Å². The Morgan fingerprint density at radius 3 is 2.24 bits per heavy atom. The largest absolute Gasteiger partial charge is 0.361 e. The third-order valence-electron chi connectivity index (χ3n) is 4.26. The van der Waals surface area contributed by atoms with Crippen LogP contribution in [0.15, 0.2) is 54.6 Å². The minimum Gasteiger partial charge on any atom is -0.361 e. The first-order valence-corrected chi connectivity index (χ1v) is 9.10. The predicted octanol–water partition coefficient (Wildman–Crippen LogP) is 3.87. The number of nitrogens with one attached hydrogen (secondary N) is 2. The molecule has 25 heavy (non-hydrogen) atoms. The molecule has 0 radical (unpaired) electrons. The number of halogens is 1. The lowest BCUT2D eigenvalue weighted by Gasteiger charge is -2.30. The first-order valence-electron chi connectivity index (χ1n) is 8.69. The normalized spacial score (nSPS) is 12.0. The molecule has 0 fully saturated rings. The summed E-state index contributed by atoms with van der Waals surface area (Å²) in [6.07, 6.45) is 0. The molecule has 0 aliphatic carbocycles. The van der Waals surface area contributed by atoms with E-state index in [2.05, 4.69) is 53.6 Å². The molecule has 0 spiro atoms. The maximum absolute atomic E-state index is 12.9. The van der Waals surface area contributed by atoms with Gasteiger partial charge in [0.2, 0.25) is 0 Å². The highest BCUT2D eigenvalue weighted by molar-refractivity contribution is 7.80. The lowest BCUT2D eigenvalue weighted by atomic mass is 10.1. The Bertz CT molecular complexity index is 642. The van der Waals surface area contributed by atoms with Crippen LogP contribution in [-0.4, -0.2) is 29.6 Å². The number of benzene rings is 2. The molecule has 0 saturated carbocycles. The molecule has 2 aromatic carbocycles. The van der Waals surface area contributed by atoms with Crippen LogP contribution in [0.4, 0.5) is 4.39 Å². The van der Waals surface area contributed by atoms with Gasteiger partial charge in [0.1, 0.15) is 5.82 Å². The number of thiocarbonyl (C=S) groups is 1. The molecule has 0 heterocycles. The van der Waals surface area contributed by atoms with Gasteiger partial charge < -0.3 is 10.6 Å². The van der Waals surface area contributed by atoms with E-state index in [4.69, 9.17) is 12.2 Å². The Kier molecular flexibility index (Phi) is 7.82. The minimum atomic E-state index is -0.227. The van der Waals surface area contributed by atoms with Gasteiger partial charge in [-0.15, -0.1) is 0 Å². The number of hydrogen-bond acceptors (Lipinski definition) is 2. The van der Waals surface area contributed by atoms with Gasteiger partial charge in [0, 0.05) is 13.1 Å². The van der Waals surface area contributed by atoms with E-state index in [1.54, 1.807) is 12.1 Å². The van der Waals surface area contributed by atoms with E-state index in [-0.39, 0.29) is 11.9 Å². The van der Waals surface area contributed by atoms with Crippen LogP contribution in [-0.2, 0) is 6.54 Å². The molecule has 0 aromatic heterocycles. The third kappa shape index (κ3) is 6.11. The summed E-state index contributed by atoms with van der Waals surface area (Å²) in [5, 5.41) is 7.10. The van der Waals surface area contributed by atoms with Gasteiger partial charge in [-0.3, -0.25) is 4.90 Å².